The Morgan fingerprint density at radius 1 is 1.10 bits per heavy atom. The maximum Gasteiger partial charge on any atom is 0.358 e. The van der Waals surface area contributed by atoms with Crippen molar-refractivity contribution in [1.29, 1.82) is 0 Å². The molecule has 0 fully saturated rings. The molecule has 8 heteroatoms. The number of benzene rings is 2. The average molecular weight is 410 g/mol. The first-order valence-corrected chi connectivity index (χ1v) is 9.90. The van der Waals surface area contributed by atoms with Crippen LogP contribution in [0.5, 0.6) is 11.5 Å². The van der Waals surface area contributed by atoms with Gasteiger partial charge in [0.25, 0.3) is 5.91 Å². The maximum atomic E-state index is 12.4. The van der Waals surface area contributed by atoms with Crippen LogP contribution >= 0.6 is 11.3 Å². The fourth-order valence-corrected chi connectivity index (χ4v) is 3.52. The Labute approximate surface area is 171 Å². The molecule has 7 nitrogen and oxygen atoms in total. The number of anilines is 1. The third-order valence-electron chi connectivity index (χ3n) is 4.20. The summed E-state index contributed by atoms with van der Waals surface area (Å²) in [5.41, 5.74) is 1.62. The van der Waals surface area contributed by atoms with Gasteiger partial charge >= 0.3 is 5.97 Å². The molecule has 1 aliphatic rings. The van der Waals surface area contributed by atoms with Gasteiger partial charge in [0.15, 0.2) is 23.3 Å². The number of hydrogen-bond donors (Lipinski definition) is 1. The number of nitrogens with zero attached hydrogens (tertiary/aromatic N) is 1. The average Bonchev–Trinajstić information content (AvgIpc) is 3.25. The summed E-state index contributed by atoms with van der Waals surface area (Å²) in [6.45, 7) is 2.46. The van der Waals surface area contributed by atoms with E-state index >= 15 is 0 Å². The van der Waals surface area contributed by atoms with Crippen LogP contribution in [0.1, 0.15) is 17.4 Å². The largest absolute Gasteiger partial charge is 0.486 e. The van der Waals surface area contributed by atoms with Gasteiger partial charge in [0, 0.05) is 22.7 Å². The number of fused-ring (bicyclic) bond motifs is 1. The highest BCUT2D eigenvalue weighted by Crippen LogP contribution is 2.32. The van der Waals surface area contributed by atoms with E-state index in [0.29, 0.717) is 35.4 Å². The summed E-state index contributed by atoms with van der Waals surface area (Å²) in [5.74, 6) is 0.0999. The molecule has 4 rings (SSSR count). The van der Waals surface area contributed by atoms with Crippen molar-refractivity contribution < 1.29 is 23.8 Å². The zero-order chi connectivity index (χ0) is 20.2. The van der Waals surface area contributed by atoms with Crippen LogP contribution in [0.2, 0.25) is 0 Å². The SMILES string of the molecule is C[C@H](OC(=O)c1csc(-c2ccccc2)n1)C(=O)Nc1ccc2c(c1)OCCO2. The molecule has 2 aromatic carbocycles. The molecule has 1 aromatic heterocycles. The highest BCUT2D eigenvalue weighted by atomic mass is 32.1. The van der Waals surface area contributed by atoms with Crippen molar-refractivity contribution in [3.63, 3.8) is 0 Å². The lowest BCUT2D eigenvalue weighted by molar-refractivity contribution is -0.123. The third kappa shape index (κ3) is 4.38. The highest BCUT2D eigenvalue weighted by molar-refractivity contribution is 7.13. The zero-order valence-corrected chi connectivity index (χ0v) is 16.4. The molecule has 29 heavy (non-hydrogen) atoms. The van der Waals surface area contributed by atoms with Crippen LogP contribution in [0.3, 0.4) is 0 Å². The van der Waals surface area contributed by atoms with E-state index in [0.717, 1.165) is 5.56 Å². The van der Waals surface area contributed by atoms with Gasteiger partial charge in [-0.15, -0.1) is 11.3 Å². The number of nitrogens with one attached hydrogen (secondary N) is 1. The van der Waals surface area contributed by atoms with Crippen molar-refractivity contribution in [2.75, 3.05) is 18.5 Å². The molecule has 1 amide bonds. The minimum atomic E-state index is -0.988. The first-order chi connectivity index (χ1) is 14.1. The van der Waals surface area contributed by atoms with Crippen LogP contribution in [-0.4, -0.2) is 36.2 Å². The molecule has 0 saturated carbocycles. The Balaban J connectivity index is 1.37. The standard InChI is InChI=1S/C21H18N2O5S/c1-13(19(24)22-15-7-8-17-18(11-15)27-10-9-26-17)28-21(25)16-12-29-20(23-16)14-5-3-2-4-6-14/h2-8,11-13H,9-10H2,1H3,(H,22,24)/t13-/m0/s1. The fraction of sp³-hybridized carbons (Fsp3) is 0.190. The molecule has 0 radical (unpaired) electrons. The summed E-state index contributed by atoms with van der Waals surface area (Å²) in [6, 6.07) is 14.6. The van der Waals surface area contributed by atoms with Gasteiger partial charge in [-0.1, -0.05) is 30.3 Å². The van der Waals surface area contributed by atoms with Crippen LogP contribution in [0, 0.1) is 0 Å². The summed E-state index contributed by atoms with van der Waals surface area (Å²) >= 11 is 1.34. The van der Waals surface area contributed by atoms with E-state index in [-0.39, 0.29) is 5.69 Å². The number of amides is 1. The number of rotatable bonds is 5. The lowest BCUT2D eigenvalue weighted by atomic mass is 10.2. The first-order valence-electron chi connectivity index (χ1n) is 9.02. The minimum absolute atomic E-state index is 0.174. The Bertz CT molecular complexity index is 1030. The van der Waals surface area contributed by atoms with E-state index in [1.165, 1.54) is 18.3 Å². The van der Waals surface area contributed by atoms with E-state index < -0.39 is 18.0 Å². The monoisotopic (exact) mass is 410 g/mol. The predicted molar refractivity (Wildman–Crippen MR) is 108 cm³/mol. The van der Waals surface area contributed by atoms with Crippen LogP contribution in [0.4, 0.5) is 5.69 Å². The normalized spacial score (nSPS) is 13.4. The lowest BCUT2D eigenvalue weighted by Gasteiger charge is -2.19. The third-order valence-corrected chi connectivity index (χ3v) is 5.09. The molecule has 3 aromatic rings. The summed E-state index contributed by atoms with van der Waals surface area (Å²) in [4.78, 5) is 29.1. The number of ether oxygens (including phenoxy) is 3. The van der Waals surface area contributed by atoms with Gasteiger partial charge in [-0.05, 0) is 19.1 Å². The van der Waals surface area contributed by atoms with Crippen LogP contribution < -0.4 is 14.8 Å². The molecule has 0 saturated heterocycles. The molecular weight excluding hydrogens is 392 g/mol. The molecule has 2 heterocycles. The second-order valence-electron chi connectivity index (χ2n) is 6.30. The maximum absolute atomic E-state index is 12.4. The van der Waals surface area contributed by atoms with Gasteiger partial charge in [-0.2, -0.15) is 0 Å². The Morgan fingerprint density at radius 3 is 2.66 bits per heavy atom. The topological polar surface area (TPSA) is 86.8 Å². The summed E-state index contributed by atoms with van der Waals surface area (Å²) in [5, 5.41) is 5.05. The molecule has 0 bridgehead atoms. The minimum Gasteiger partial charge on any atom is -0.486 e. The Morgan fingerprint density at radius 2 is 1.86 bits per heavy atom. The molecule has 0 unspecified atom stereocenters. The van der Waals surface area contributed by atoms with Gasteiger partial charge in [-0.3, -0.25) is 4.79 Å². The molecule has 0 spiro atoms. The lowest BCUT2D eigenvalue weighted by Crippen LogP contribution is -2.30. The molecule has 1 aliphatic heterocycles. The van der Waals surface area contributed by atoms with Crippen molar-refractivity contribution in [3.8, 4) is 22.1 Å². The van der Waals surface area contributed by atoms with Gasteiger partial charge in [0.2, 0.25) is 0 Å². The van der Waals surface area contributed by atoms with Crippen molar-refractivity contribution in [2.24, 2.45) is 0 Å². The van der Waals surface area contributed by atoms with Gasteiger partial charge in [0.1, 0.15) is 18.2 Å². The number of thiazole rings is 1. The molecule has 1 N–H and O–H groups in total. The number of carbonyl (C=O) groups is 2. The zero-order valence-electron chi connectivity index (χ0n) is 15.6. The summed E-state index contributed by atoms with van der Waals surface area (Å²) in [7, 11) is 0. The summed E-state index contributed by atoms with van der Waals surface area (Å²) in [6.07, 6.45) is -0.988. The van der Waals surface area contributed by atoms with E-state index in [1.807, 2.05) is 30.3 Å². The van der Waals surface area contributed by atoms with Gasteiger partial charge in [-0.25, -0.2) is 9.78 Å². The number of aromatic nitrogens is 1. The molecule has 148 valence electrons. The number of carbonyl (C=O) groups excluding carboxylic acids is 2. The van der Waals surface area contributed by atoms with Gasteiger partial charge in [0.05, 0.1) is 0 Å². The van der Waals surface area contributed by atoms with Crippen LogP contribution in [-0.2, 0) is 9.53 Å². The molecule has 0 aliphatic carbocycles. The number of esters is 1. The van der Waals surface area contributed by atoms with E-state index in [1.54, 1.807) is 23.6 Å². The van der Waals surface area contributed by atoms with Crippen molar-refractivity contribution in [2.45, 2.75) is 13.0 Å². The van der Waals surface area contributed by atoms with Crippen molar-refractivity contribution >= 4 is 28.9 Å². The van der Waals surface area contributed by atoms with E-state index in [9.17, 15) is 9.59 Å². The predicted octanol–water partition coefficient (Wildman–Crippen LogP) is 3.77. The molecule has 1 atom stereocenters. The second-order valence-corrected chi connectivity index (χ2v) is 7.16. The van der Waals surface area contributed by atoms with Crippen LogP contribution in [0.15, 0.2) is 53.9 Å². The quantitative estimate of drug-likeness (QED) is 0.645. The Kier molecular flexibility index (Phi) is 5.44. The van der Waals surface area contributed by atoms with Crippen molar-refractivity contribution in [1.82, 2.24) is 4.98 Å². The van der Waals surface area contributed by atoms with E-state index in [4.69, 9.17) is 14.2 Å². The van der Waals surface area contributed by atoms with Crippen molar-refractivity contribution in [3.05, 3.63) is 59.6 Å². The molecular formula is C21H18N2O5S. The van der Waals surface area contributed by atoms with Crippen LogP contribution in [0.25, 0.3) is 10.6 Å². The fourth-order valence-electron chi connectivity index (χ4n) is 2.72. The Hall–Kier alpha value is -3.39. The smallest absolute Gasteiger partial charge is 0.358 e. The first kappa shape index (κ1) is 18.9. The summed E-state index contributed by atoms with van der Waals surface area (Å²) < 4.78 is 16.2. The number of hydrogen-bond acceptors (Lipinski definition) is 7. The highest BCUT2D eigenvalue weighted by Gasteiger charge is 2.22. The van der Waals surface area contributed by atoms with E-state index in [2.05, 4.69) is 10.3 Å². The van der Waals surface area contributed by atoms with Gasteiger partial charge < -0.3 is 19.5 Å². The second kappa shape index (κ2) is 8.32.